The van der Waals surface area contributed by atoms with Crippen molar-refractivity contribution in [3.63, 3.8) is 0 Å². The molecule has 0 heterocycles. The van der Waals surface area contributed by atoms with Crippen molar-refractivity contribution in [2.24, 2.45) is 5.14 Å². The molecule has 0 aromatic heterocycles. The van der Waals surface area contributed by atoms with E-state index in [1.807, 2.05) is 6.92 Å². The van der Waals surface area contributed by atoms with Crippen molar-refractivity contribution in [1.29, 1.82) is 0 Å². The number of nitro groups is 1. The van der Waals surface area contributed by atoms with Gasteiger partial charge in [-0.2, -0.15) is 0 Å². The van der Waals surface area contributed by atoms with Gasteiger partial charge in [0.05, 0.1) is 15.4 Å². The molecule has 1 aromatic carbocycles. The lowest BCUT2D eigenvalue weighted by Gasteiger charge is -2.09. The highest BCUT2D eigenvalue weighted by atomic mass is 32.2. The fourth-order valence-electron chi connectivity index (χ4n) is 1.78. The van der Waals surface area contributed by atoms with Crippen molar-refractivity contribution in [1.82, 2.24) is 0 Å². The molecular weight excluding hydrogens is 288 g/mol. The summed E-state index contributed by atoms with van der Waals surface area (Å²) >= 11 is 0. The Morgan fingerprint density at radius 2 is 2.05 bits per heavy atom. The number of nitrogens with zero attached hydrogens (tertiary/aromatic N) is 1. The lowest BCUT2D eigenvalue weighted by Crippen LogP contribution is -2.17. The van der Waals surface area contributed by atoms with Gasteiger partial charge in [-0.15, -0.1) is 0 Å². The number of sulfonamides is 1. The van der Waals surface area contributed by atoms with Gasteiger partial charge in [-0.1, -0.05) is 13.3 Å². The first-order chi connectivity index (χ1) is 9.18. The predicted octanol–water partition coefficient (Wildman–Crippen LogP) is 1.28. The summed E-state index contributed by atoms with van der Waals surface area (Å²) in [5.74, 6) is -1.46. The second-order valence-corrected chi connectivity index (χ2v) is 5.71. The third kappa shape index (κ3) is 3.52. The molecule has 0 aliphatic rings. The normalized spacial score (nSPS) is 11.3. The SMILES string of the molecule is CCCCc1c([N+](=O)[O-])cc(C(=O)O)cc1S(N)(=O)=O. The van der Waals surface area contributed by atoms with Gasteiger partial charge in [0.25, 0.3) is 5.69 Å². The van der Waals surface area contributed by atoms with Crippen LogP contribution in [0.4, 0.5) is 5.69 Å². The topological polar surface area (TPSA) is 141 Å². The highest BCUT2D eigenvalue weighted by molar-refractivity contribution is 7.89. The van der Waals surface area contributed by atoms with Crippen LogP contribution in [-0.4, -0.2) is 24.4 Å². The Morgan fingerprint density at radius 3 is 2.45 bits per heavy atom. The molecule has 9 heteroatoms. The summed E-state index contributed by atoms with van der Waals surface area (Å²) < 4.78 is 23.1. The number of hydrogen-bond donors (Lipinski definition) is 2. The van der Waals surface area contributed by atoms with Crippen LogP contribution in [0.25, 0.3) is 0 Å². The molecule has 0 amide bonds. The van der Waals surface area contributed by atoms with E-state index in [1.54, 1.807) is 0 Å². The maximum atomic E-state index is 11.5. The number of nitrogens with two attached hydrogens (primary N) is 1. The van der Waals surface area contributed by atoms with Gasteiger partial charge in [-0.25, -0.2) is 18.4 Å². The molecule has 3 N–H and O–H groups in total. The Balaban J connectivity index is 3.67. The number of aromatic carboxylic acids is 1. The zero-order valence-electron chi connectivity index (χ0n) is 10.7. The van der Waals surface area contributed by atoms with Crippen LogP contribution in [0.3, 0.4) is 0 Å². The third-order valence-electron chi connectivity index (χ3n) is 2.72. The van der Waals surface area contributed by atoms with E-state index in [2.05, 4.69) is 0 Å². The lowest BCUT2D eigenvalue weighted by molar-refractivity contribution is -0.385. The molecule has 0 saturated carbocycles. The molecule has 0 spiro atoms. The van der Waals surface area contributed by atoms with Crippen LogP contribution < -0.4 is 5.14 Å². The number of carboxylic acid groups (broad SMARTS) is 1. The summed E-state index contributed by atoms with van der Waals surface area (Å²) in [5, 5.41) is 24.9. The molecule has 0 unspecified atom stereocenters. The fraction of sp³-hybridized carbons (Fsp3) is 0.364. The Labute approximate surface area is 115 Å². The van der Waals surface area contributed by atoms with Gasteiger partial charge in [-0.05, 0) is 18.9 Å². The number of hydrogen-bond acceptors (Lipinski definition) is 5. The summed E-state index contributed by atoms with van der Waals surface area (Å²) in [7, 11) is -4.24. The van der Waals surface area contributed by atoms with E-state index < -0.39 is 37.1 Å². The van der Waals surface area contributed by atoms with Crippen LogP contribution in [0.5, 0.6) is 0 Å². The van der Waals surface area contributed by atoms with Crippen molar-refractivity contribution in [3.8, 4) is 0 Å². The van der Waals surface area contributed by atoms with E-state index in [0.717, 1.165) is 12.1 Å². The number of carboxylic acids is 1. The van der Waals surface area contributed by atoms with E-state index in [9.17, 15) is 23.3 Å². The average molecular weight is 302 g/mol. The molecular formula is C11H14N2O6S. The molecule has 0 aliphatic carbocycles. The molecule has 20 heavy (non-hydrogen) atoms. The Hall–Kier alpha value is -2.00. The maximum absolute atomic E-state index is 11.5. The molecule has 0 saturated heterocycles. The summed E-state index contributed by atoms with van der Waals surface area (Å²) in [6.07, 6.45) is 1.36. The van der Waals surface area contributed by atoms with E-state index >= 15 is 0 Å². The highest BCUT2D eigenvalue weighted by Crippen LogP contribution is 2.29. The Kier molecular flexibility index (Phi) is 4.79. The van der Waals surface area contributed by atoms with Crippen molar-refractivity contribution < 1.29 is 23.2 Å². The van der Waals surface area contributed by atoms with Crippen molar-refractivity contribution in [3.05, 3.63) is 33.4 Å². The minimum Gasteiger partial charge on any atom is -0.478 e. The number of carbonyl (C=O) groups is 1. The highest BCUT2D eigenvalue weighted by Gasteiger charge is 2.26. The molecule has 8 nitrogen and oxygen atoms in total. The van der Waals surface area contributed by atoms with Gasteiger partial charge in [0, 0.05) is 11.6 Å². The minimum absolute atomic E-state index is 0.0515. The molecule has 110 valence electrons. The first-order valence-electron chi connectivity index (χ1n) is 5.76. The standard InChI is InChI=1S/C11H14N2O6S/c1-2-3-4-8-9(13(16)17)5-7(11(14)15)6-10(8)20(12,18)19/h5-6H,2-4H2,1H3,(H,14,15)(H2,12,18,19). The van der Waals surface area contributed by atoms with E-state index in [-0.39, 0.29) is 12.0 Å². The minimum atomic E-state index is -4.24. The van der Waals surface area contributed by atoms with E-state index in [4.69, 9.17) is 10.2 Å². The van der Waals surface area contributed by atoms with Crippen molar-refractivity contribution in [2.75, 3.05) is 0 Å². The molecule has 1 aromatic rings. The third-order valence-corrected chi connectivity index (χ3v) is 3.69. The van der Waals surface area contributed by atoms with Gasteiger partial charge in [0.15, 0.2) is 0 Å². The van der Waals surface area contributed by atoms with Crippen LogP contribution in [0, 0.1) is 10.1 Å². The quantitative estimate of drug-likeness (QED) is 0.599. The van der Waals surface area contributed by atoms with Gasteiger partial charge >= 0.3 is 5.97 Å². The molecule has 1 rings (SSSR count). The summed E-state index contributed by atoms with van der Waals surface area (Å²) in [5.41, 5.74) is -1.08. The van der Waals surface area contributed by atoms with Crippen LogP contribution in [-0.2, 0) is 16.4 Å². The molecule has 0 atom stereocenters. The predicted molar refractivity (Wildman–Crippen MR) is 70.0 cm³/mol. The number of benzene rings is 1. The molecule has 0 fully saturated rings. The van der Waals surface area contributed by atoms with E-state index in [0.29, 0.717) is 12.8 Å². The Bertz CT molecular complexity index is 653. The largest absolute Gasteiger partial charge is 0.478 e. The van der Waals surface area contributed by atoms with Gasteiger partial charge in [-0.3, -0.25) is 10.1 Å². The number of unbranched alkanes of at least 4 members (excludes halogenated alkanes) is 1. The van der Waals surface area contributed by atoms with Crippen LogP contribution in [0.15, 0.2) is 17.0 Å². The summed E-state index contributed by atoms with van der Waals surface area (Å²) in [6.45, 7) is 1.84. The smallest absolute Gasteiger partial charge is 0.335 e. The monoisotopic (exact) mass is 302 g/mol. The number of nitro benzene ring substituents is 1. The molecule has 0 bridgehead atoms. The maximum Gasteiger partial charge on any atom is 0.335 e. The van der Waals surface area contributed by atoms with Gasteiger partial charge in [0.2, 0.25) is 10.0 Å². The molecule has 0 radical (unpaired) electrons. The summed E-state index contributed by atoms with van der Waals surface area (Å²) in [4.78, 5) is 20.6. The van der Waals surface area contributed by atoms with Crippen molar-refractivity contribution in [2.45, 2.75) is 31.1 Å². The van der Waals surface area contributed by atoms with Crippen LogP contribution in [0.1, 0.15) is 35.7 Å². The number of primary sulfonamides is 1. The fourth-order valence-corrected chi connectivity index (χ4v) is 2.62. The van der Waals surface area contributed by atoms with Gasteiger partial charge < -0.3 is 5.11 Å². The first-order valence-corrected chi connectivity index (χ1v) is 7.30. The van der Waals surface area contributed by atoms with Crippen LogP contribution >= 0.6 is 0 Å². The van der Waals surface area contributed by atoms with Crippen molar-refractivity contribution >= 4 is 21.7 Å². The first kappa shape index (κ1) is 16.1. The average Bonchev–Trinajstić information content (AvgIpc) is 2.33. The van der Waals surface area contributed by atoms with Gasteiger partial charge in [0.1, 0.15) is 0 Å². The summed E-state index contributed by atoms with van der Waals surface area (Å²) in [6, 6.07) is 1.71. The van der Waals surface area contributed by atoms with Crippen LogP contribution in [0.2, 0.25) is 0 Å². The zero-order chi connectivity index (χ0) is 15.5. The zero-order valence-corrected chi connectivity index (χ0v) is 11.5. The second kappa shape index (κ2) is 5.97. The Morgan fingerprint density at radius 1 is 1.45 bits per heavy atom. The van der Waals surface area contributed by atoms with E-state index in [1.165, 1.54) is 0 Å². The lowest BCUT2D eigenvalue weighted by atomic mass is 10.0. The second-order valence-electron chi connectivity index (χ2n) is 4.18. The number of rotatable bonds is 6. The molecule has 0 aliphatic heterocycles.